The molecule has 2 aliphatic carbocycles. The largest absolute Gasteiger partial charge is 0.369 e. The van der Waals surface area contributed by atoms with Gasteiger partial charge < -0.3 is 31.5 Å². The maximum atomic E-state index is 12.2. The van der Waals surface area contributed by atoms with E-state index in [4.69, 9.17) is 15.7 Å². The zero-order valence-corrected chi connectivity index (χ0v) is 20.2. The highest BCUT2D eigenvalue weighted by atomic mass is 16.1. The number of hydrogen-bond acceptors (Lipinski definition) is 8. The lowest BCUT2D eigenvalue weighted by Gasteiger charge is -2.35. The molecule has 1 amide bonds. The summed E-state index contributed by atoms with van der Waals surface area (Å²) in [5.41, 5.74) is 9.21. The normalized spacial score (nSPS) is 34.5. The van der Waals surface area contributed by atoms with E-state index < -0.39 is 0 Å². The van der Waals surface area contributed by atoms with Crippen molar-refractivity contribution in [3.63, 3.8) is 0 Å². The zero-order valence-electron chi connectivity index (χ0n) is 20.2. The SMILES string of the molecule is Cc1cc(NC2=NC3N=CNC3C(=NC3C4C=CC(C4)C3C(N)=O)N2)ccc1N1CCN(C)CC1. The van der Waals surface area contributed by atoms with Crippen LogP contribution < -0.4 is 26.6 Å². The van der Waals surface area contributed by atoms with Crippen LogP contribution in [0, 0.1) is 24.7 Å². The Morgan fingerprint density at radius 3 is 2.77 bits per heavy atom. The standard InChI is InChI=1S/C25H33N9O/c1-14-11-17(5-6-18(14)34-9-7-33(2)8-10-34)29-25-31-23-21(27-13-28-23)24(32-25)30-20-16-4-3-15(12-16)19(20)22(26)35/h3-6,11,13,15-16,19-21,23H,7-10,12H2,1-2H3,(H2,26,35)(H,27,28)(H2,29,30,31,32). The molecule has 6 unspecified atom stereocenters. The number of guanidine groups is 1. The summed E-state index contributed by atoms with van der Waals surface area (Å²) in [7, 11) is 2.17. The highest BCUT2D eigenvalue weighted by molar-refractivity contribution is 6.10. The Morgan fingerprint density at radius 2 is 2.00 bits per heavy atom. The number of piperazine rings is 1. The van der Waals surface area contributed by atoms with E-state index in [1.54, 1.807) is 6.34 Å². The lowest BCUT2D eigenvalue weighted by molar-refractivity contribution is -0.122. The van der Waals surface area contributed by atoms with Crippen LogP contribution in [0.25, 0.3) is 0 Å². The molecule has 2 bridgehead atoms. The molecule has 3 heterocycles. The molecule has 6 rings (SSSR count). The summed E-state index contributed by atoms with van der Waals surface area (Å²) < 4.78 is 0. The minimum absolute atomic E-state index is 0.155. The highest BCUT2D eigenvalue weighted by Crippen LogP contribution is 2.45. The molecule has 2 fully saturated rings. The number of fused-ring (bicyclic) bond motifs is 3. The van der Waals surface area contributed by atoms with E-state index in [0.29, 0.717) is 5.96 Å². The van der Waals surface area contributed by atoms with Crippen LogP contribution in [0.15, 0.2) is 45.3 Å². The van der Waals surface area contributed by atoms with Crippen LogP contribution in [-0.4, -0.2) is 80.4 Å². The lowest BCUT2D eigenvalue weighted by Crippen LogP contribution is -2.55. The maximum Gasteiger partial charge on any atom is 0.223 e. The Hall–Kier alpha value is -3.40. The van der Waals surface area contributed by atoms with Gasteiger partial charge in [0.15, 0.2) is 6.17 Å². The van der Waals surface area contributed by atoms with E-state index in [0.717, 1.165) is 44.1 Å². The van der Waals surface area contributed by atoms with Crippen LogP contribution >= 0.6 is 0 Å². The minimum Gasteiger partial charge on any atom is -0.369 e. The number of rotatable bonds is 4. The summed E-state index contributed by atoms with van der Waals surface area (Å²) >= 11 is 0. The number of likely N-dealkylation sites (N-methyl/N-ethyl adjacent to an activating group) is 1. The van der Waals surface area contributed by atoms with Gasteiger partial charge in [-0.3, -0.25) is 9.79 Å². The van der Waals surface area contributed by atoms with Gasteiger partial charge in [-0.25, -0.2) is 9.98 Å². The number of anilines is 2. The van der Waals surface area contributed by atoms with Gasteiger partial charge in [0.2, 0.25) is 11.9 Å². The Bertz CT molecular complexity index is 1130. The number of carbonyl (C=O) groups is 1. The van der Waals surface area contributed by atoms with Gasteiger partial charge in [-0.1, -0.05) is 12.2 Å². The molecule has 5 N–H and O–H groups in total. The number of benzene rings is 1. The quantitative estimate of drug-likeness (QED) is 0.471. The molecule has 10 heteroatoms. The summed E-state index contributed by atoms with van der Waals surface area (Å²) in [6.07, 6.45) is 6.61. The number of nitrogens with zero attached hydrogens (tertiary/aromatic N) is 5. The van der Waals surface area contributed by atoms with E-state index in [1.807, 2.05) is 0 Å². The number of hydrogen-bond donors (Lipinski definition) is 4. The third-order valence-corrected chi connectivity index (χ3v) is 7.92. The molecule has 35 heavy (non-hydrogen) atoms. The Morgan fingerprint density at radius 1 is 1.20 bits per heavy atom. The zero-order chi connectivity index (χ0) is 24.1. The molecule has 184 valence electrons. The highest BCUT2D eigenvalue weighted by Gasteiger charge is 2.48. The molecule has 1 saturated heterocycles. The lowest BCUT2D eigenvalue weighted by atomic mass is 9.88. The van der Waals surface area contributed by atoms with Gasteiger partial charge >= 0.3 is 0 Å². The van der Waals surface area contributed by atoms with Crippen molar-refractivity contribution in [2.75, 3.05) is 43.4 Å². The topological polar surface area (TPSA) is 123 Å². The van der Waals surface area contributed by atoms with Crippen LogP contribution in [0.3, 0.4) is 0 Å². The van der Waals surface area contributed by atoms with E-state index in [2.05, 4.69) is 75.1 Å². The molecular weight excluding hydrogens is 442 g/mol. The molecule has 6 atom stereocenters. The molecular formula is C25H33N9O. The summed E-state index contributed by atoms with van der Waals surface area (Å²) in [5, 5.41) is 10.0. The van der Waals surface area contributed by atoms with E-state index in [9.17, 15) is 4.79 Å². The Kier molecular flexibility index (Phi) is 5.47. The summed E-state index contributed by atoms with van der Waals surface area (Å²) in [5.74, 6) is 1.24. The van der Waals surface area contributed by atoms with Gasteiger partial charge in [0.05, 0.1) is 18.3 Å². The fourth-order valence-electron chi connectivity index (χ4n) is 6.02. The number of carbonyl (C=O) groups excluding carboxylic acids is 1. The maximum absolute atomic E-state index is 12.2. The molecule has 10 nitrogen and oxygen atoms in total. The third kappa shape index (κ3) is 4.05. The number of primary amides is 1. The summed E-state index contributed by atoms with van der Waals surface area (Å²) in [6, 6.07) is 6.10. The van der Waals surface area contributed by atoms with E-state index >= 15 is 0 Å². The molecule has 1 aromatic carbocycles. The number of amides is 1. The first kappa shape index (κ1) is 22.1. The fraction of sp³-hybridized carbons (Fsp3) is 0.520. The molecule has 3 aliphatic heterocycles. The molecule has 0 spiro atoms. The van der Waals surface area contributed by atoms with Gasteiger partial charge in [0, 0.05) is 43.5 Å². The molecule has 5 aliphatic rings. The fourth-order valence-corrected chi connectivity index (χ4v) is 6.02. The van der Waals surface area contributed by atoms with Gasteiger partial charge in [-0.2, -0.15) is 0 Å². The number of nitrogens with one attached hydrogen (secondary N) is 3. The average molecular weight is 476 g/mol. The van der Waals surface area contributed by atoms with Crippen LogP contribution in [0.1, 0.15) is 12.0 Å². The third-order valence-electron chi connectivity index (χ3n) is 7.92. The molecule has 0 aromatic heterocycles. The number of allylic oxidation sites excluding steroid dienone is 1. The Labute approximate surface area is 205 Å². The predicted molar refractivity (Wildman–Crippen MR) is 139 cm³/mol. The molecule has 1 aromatic rings. The Balaban J connectivity index is 1.21. The van der Waals surface area contributed by atoms with Crippen molar-refractivity contribution in [3.05, 3.63) is 35.9 Å². The van der Waals surface area contributed by atoms with Gasteiger partial charge in [-0.15, -0.1) is 0 Å². The number of aliphatic imine (C=N–C) groups is 3. The van der Waals surface area contributed by atoms with Crippen LogP contribution in [0.5, 0.6) is 0 Å². The second-order valence-corrected chi connectivity index (χ2v) is 10.2. The number of aryl methyl sites for hydroxylation is 1. The molecule has 0 radical (unpaired) electrons. The first-order valence-electron chi connectivity index (χ1n) is 12.5. The van der Waals surface area contributed by atoms with E-state index in [-0.39, 0.29) is 41.9 Å². The molecule has 1 saturated carbocycles. The average Bonchev–Trinajstić information content (AvgIpc) is 3.56. The van der Waals surface area contributed by atoms with Crippen molar-refractivity contribution >= 4 is 35.4 Å². The number of nitrogens with two attached hydrogens (primary N) is 1. The first-order valence-corrected chi connectivity index (χ1v) is 12.5. The first-order chi connectivity index (χ1) is 17.0. The second kappa shape index (κ2) is 8.67. The van der Waals surface area contributed by atoms with Gasteiger partial charge in [-0.05, 0) is 50.1 Å². The van der Waals surface area contributed by atoms with Gasteiger partial charge in [0.1, 0.15) is 11.9 Å². The van der Waals surface area contributed by atoms with Crippen molar-refractivity contribution in [1.29, 1.82) is 0 Å². The van der Waals surface area contributed by atoms with Crippen molar-refractivity contribution in [2.24, 2.45) is 38.5 Å². The van der Waals surface area contributed by atoms with Crippen LogP contribution in [-0.2, 0) is 4.79 Å². The van der Waals surface area contributed by atoms with Crippen molar-refractivity contribution < 1.29 is 4.79 Å². The summed E-state index contributed by atoms with van der Waals surface area (Å²) in [4.78, 5) is 31.2. The second-order valence-electron chi connectivity index (χ2n) is 10.2. The van der Waals surface area contributed by atoms with Crippen molar-refractivity contribution in [3.8, 4) is 0 Å². The predicted octanol–water partition coefficient (Wildman–Crippen LogP) is 0.519. The van der Waals surface area contributed by atoms with Crippen molar-refractivity contribution in [2.45, 2.75) is 31.6 Å². The smallest absolute Gasteiger partial charge is 0.223 e. The summed E-state index contributed by atoms with van der Waals surface area (Å²) in [6.45, 7) is 6.38. The monoisotopic (exact) mass is 475 g/mol. The number of amidine groups is 1. The minimum atomic E-state index is -0.302. The van der Waals surface area contributed by atoms with Crippen LogP contribution in [0.2, 0.25) is 0 Å². The van der Waals surface area contributed by atoms with E-state index in [1.165, 1.54) is 11.3 Å². The van der Waals surface area contributed by atoms with Crippen molar-refractivity contribution in [1.82, 2.24) is 15.5 Å². The van der Waals surface area contributed by atoms with Crippen LogP contribution in [0.4, 0.5) is 11.4 Å². The van der Waals surface area contributed by atoms with Gasteiger partial charge in [0.25, 0.3) is 0 Å².